The molecule has 31 heavy (non-hydrogen) atoms. The molecule has 1 aliphatic rings. The second kappa shape index (κ2) is 8.13. The van der Waals surface area contributed by atoms with Crippen molar-refractivity contribution in [3.05, 3.63) is 70.4 Å². The van der Waals surface area contributed by atoms with Crippen molar-refractivity contribution in [3.8, 4) is 5.75 Å². The minimum Gasteiger partial charge on any atom is -0.435 e. The van der Waals surface area contributed by atoms with E-state index in [2.05, 4.69) is 30.9 Å². The zero-order valence-electron chi connectivity index (χ0n) is 17.1. The summed E-state index contributed by atoms with van der Waals surface area (Å²) in [7, 11) is 0. The number of carbonyl (C=O) groups excluding carboxylic acids is 1. The molecule has 4 rings (SSSR count). The molecule has 0 aliphatic carbocycles. The average molecular weight is 426 g/mol. The molecule has 1 aliphatic heterocycles. The molecular weight excluding hydrogens is 406 g/mol. The van der Waals surface area contributed by atoms with Crippen LogP contribution in [0.25, 0.3) is 0 Å². The van der Waals surface area contributed by atoms with E-state index in [1.54, 1.807) is 19.1 Å². The maximum atomic E-state index is 13.3. The molecule has 0 saturated carbocycles. The van der Waals surface area contributed by atoms with Gasteiger partial charge in [0.1, 0.15) is 11.8 Å². The summed E-state index contributed by atoms with van der Waals surface area (Å²) in [5.74, 6) is 0.0705. The normalized spacial score (nSPS) is 15.5. The van der Waals surface area contributed by atoms with Crippen LogP contribution in [0.15, 0.2) is 53.7 Å². The number of amides is 1. The number of tetrazole rings is 1. The number of allylic oxidation sites excluding steroid dienone is 1. The number of carbonyl (C=O) groups is 1. The molecule has 0 fully saturated rings. The van der Waals surface area contributed by atoms with Crippen molar-refractivity contribution in [2.24, 2.45) is 0 Å². The number of hydrogen-bond donors (Lipinski definition) is 2. The van der Waals surface area contributed by atoms with Gasteiger partial charge in [-0.05, 0) is 60.5 Å². The first-order valence-electron chi connectivity index (χ1n) is 9.52. The van der Waals surface area contributed by atoms with Gasteiger partial charge in [-0.25, -0.2) is 0 Å². The predicted octanol–water partition coefficient (Wildman–Crippen LogP) is 3.82. The number of aryl methyl sites for hydroxylation is 2. The molecule has 1 atom stereocenters. The molecule has 1 aromatic heterocycles. The van der Waals surface area contributed by atoms with Gasteiger partial charge in [-0.15, -0.1) is 0 Å². The Morgan fingerprint density at radius 2 is 1.90 bits per heavy atom. The van der Waals surface area contributed by atoms with Crippen LogP contribution in [0.4, 0.5) is 20.4 Å². The van der Waals surface area contributed by atoms with E-state index < -0.39 is 12.7 Å². The highest BCUT2D eigenvalue weighted by Crippen LogP contribution is 2.35. The fourth-order valence-electron chi connectivity index (χ4n) is 3.59. The van der Waals surface area contributed by atoms with Crippen molar-refractivity contribution in [1.29, 1.82) is 0 Å². The number of nitrogens with zero attached hydrogens (tertiary/aromatic N) is 4. The molecule has 1 unspecified atom stereocenters. The molecule has 3 aromatic rings. The smallest absolute Gasteiger partial charge is 0.387 e. The van der Waals surface area contributed by atoms with E-state index in [0.29, 0.717) is 28.5 Å². The Hall–Kier alpha value is -3.82. The van der Waals surface area contributed by atoms with Gasteiger partial charge in [-0.2, -0.15) is 13.5 Å². The largest absolute Gasteiger partial charge is 0.435 e. The number of benzene rings is 2. The second-order valence-corrected chi connectivity index (χ2v) is 7.23. The molecule has 0 spiro atoms. The number of ether oxygens (including phenoxy) is 1. The third-order valence-electron chi connectivity index (χ3n) is 5.01. The van der Waals surface area contributed by atoms with Gasteiger partial charge < -0.3 is 15.4 Å². The van der Waals surface area contributed by atoms with Crippen molar-refractivity contribution >= 4 is 17.5 Å². The standard InChI is InChI=1S/C21H20F2N6O2/c1-11-4-9-16(12(2)10-11)25-19(30)17-13(3)24-21-26-27-28-29(21)18(17)14-5-7-15(8-6-14)31-20(22)23/h4-10,18,20H,1-3H3,(H,25,30)(H,24,26,28). The number of rotatable bonds is 5. The topological polar surface area (TPSA) is 94.0 Å². The molecule has 2 heterocycles. The van der Waals surface area contributed by atoms with Gasteiger partial charge in [-0.1, -0.05) is 34.9 Å². The first-order chi connectivity index (χ1) is 14.8. The number of anilines is 2. The highest BCUT2D eigenvalue weighted by atomic mass is 19.3. The Balaban J connectivity index is 1.71. The van der Waals surface area contributed by atoms with E-state index in [1.165, 1.54) is 16.8 Å². The molecule has 2 aromatic carbocycles. The van der Waals surface area contributed by atoms with Gasteiger partial charge in [0.05, 0.1) is 5.57 Å². The minimum atomic E-state index is -2.92. The quantitative estimate of drug-likeness (QED) is 0.644. The lowest BCUT2D eigenvalue weighted by atomic mass is 9.94. The van der Waals surface area contributed by atoms with Crippen molar-refractivity contribution in [3.63, 3.8) is 0 Å². The lowest BCUT2D eigenvalue weighted by molar-refractivity contribution is -0.113. The molecule has 0 radical (unpaired) electrons. The fourth-order valence-corrected chi connectivity index (χ4v) is 3.59. The van der Waals surface area contributed by atoms with Gasteiger partial charge in [-0.3, -0.25) is 4.79 Å². The monoisotopic (exact) mass is 426 g/mol. The van der Waals surface area contributed by atoms with Gasteiger partial charge in [0.15, 0.2) is 0 Å². The Kier molecular flexibility index (Phi) is 5.37. The lowest BCUT2D eigenvalue weighted by Gasteiger charge is -2.28. The van der Waals surface area contributed by atoms with Crippen LogP contribution in [0.2, 0.25) is 0 Å². The van der Waals surface area contributed by atoms with Crippen molar-refractivity contribution in [2.45, 2.75) is 33.4 Å². The van der Waals surface area contributed by atoms with Crippen LogP contribution in [0.1, 0.15) is 29.7 Å². The van der Waals surface area contributed by atoms with E-state index in [-0.39, 0.29) is 11.7 Å². The van der Waals surface area contributed by atoms with Crippen LogP contribution in [0.3, 0.4) is 0 Å². The van der Waals surface area contributed by atoms with Crippen LogP contribution in [-0.4, -0.2) is 32.7 Å². The summed E-state index contributed by atoms with van der Waals surface area (Å²) in [6.45, 7) is 2.74. The number of hydrogen-bond acceptors (Lipinski definition) is 6. The first kappa shape index (κ1) is 20.5. The summed E-state index contributed by atoms with van der Waals surface area (Å²) in [5.41, 5.74) is 4.35. The number of halogens is 2. The zero-order valence-corrected chi connectivity index (χ0v) is 17.1. The number of fused-ring (bicyclic) bond motifs is 1. The third kappa shape index (κ3) is 4.09. The lowest BCUT2D eigenvalue weighted by Crippen LogP contribution is -2.31. The van der Waals surface area contributed by atoms with Crippen LogP contribution >= 0.6 is 0 Å². The molecule has 0 saturated heterocycles. The Morgan fingerprint density at radius 3 is 2.58 bits per heavy atom. The van der Waals surface area contributed by atoms with Gasteiger partial charge in [0.2, 0.25) is 5.95 Å². The summed E-state index contributed by atoms with van der Waals surface area (Å²) in [4.78, 5) is 13.3. The zero-order chi connectivity index (χ0) is 22.1. The molecule has 1 amide bonds. The van der Waals surface area contributed by atoms with Crippen LogP contribution in [-0.2, 0) is 4.79 Å². The van der Waals surface area contributed by atoms with Crippen molar-refractivity contribution < 1.29 is 18.3 Å². The van der Waals surface area contributed by atoms with Gasteiger partial charge in [0.25, 0.3) is 5.91 Å². The maximum absolute atomic E-state index is 13.3. The van der Waals surface area contributed by atoms with Crippen molar-refractivity contribution in [2.75, 3.05) is 10.6 Å². The molecule has 160 valence electrons. The minimum absolute atomic E-state index is 0.0200. The number of nitrogens with one attached hydrogen (secondary N) is 2. The number of alkyl halides is 2. The summed E-state index contributed by atoms with van der Waals surface area (Å²) in [5, 5.41) is 17.6. The highest BCUT2D eigenvalue weighted by Gasteiger charge is 2.34. The molecule has 2 N–H and O–H groups in total. The SMILES string of the molecule is CC1=C(C(=O)Nc2ccc(C)cc2C)C(c2ccc(OC(F)F)cc2)n2nnnc2N1. The van der Waals surface area contributed by atoms with E-state index in [4.69, 9.17) is 0 Å². The molecule has 0 bridgehead atoms. The summed E-state index contributed by atoms with van der Waals surface area (Å²) in [6.07, 6.45) is 0. The van der Waals surface area contributed by atoms with Gasteiger partial charge >= 0.3 is 6.61 Å². The predicted molar refractivity (Wildman–Crippen MR) is 110 cm³/mol. The maximum Gasteiger partial charge on any atom is 0.387 e. The molecule has 8 nitrogen and oxygen atoms in total. The van der Waals surface area contributed by atoms with Crippen molar-refractivity contribution in [1.82, 2.24) is 20.2 Å². The Bertz CT molecular complexity index is 1160. The van der Waals surface area contributed by atoms with Crippen LogP contribution in [0, 0.1) is 13.8 Å². The van der Waals surface area contributed by atoms with E-state index in [9.17, 15) is 13.6 Å². The van der Waals surface area contributed by atoms with Crippen LogP contribution < -0.4 is 15.4 Å². The number of aromatic nitrogens is 4. The Morgan fingerprint density at radius 1 is 1.16 bits per heavy atom. The fraction of sp³-hybridized carbons (Fsp3) is 0.238. The third-order valence-corrected chi connectivity index (χ3v) is 5.01. The summed E-state index contributed by atoms with van der Waals surface area (Å²) < 4.78 is 30.9. The molecular formula is C21H20F2N6O2. The summed E-state index contributed by atoms with van der Waals surface area (Å²) >= 11 is 0. The Labute approximate surface area is 176 Å². The van der Waals surface area contributed by atoms with E-state index in [0.717, 1.165) is 11.1 Å². The average Bonchev–Trinajstić information content (AvgIpc) is 3.17. The first-order valence-corrected chi connectivity index (χ1v) is 9.52. The van der Waals surface area contributed by atoms with E-state index in [1.807, 2.05) is 32.0 Å². The summed E-state index contributed by atoms with van der Waals surface area (Å²) in [6, 6.07) is 11.1. The van der Waals surface area contributed by atoms with Crippen LogP contribution in [0.5, 0.6) is 5.75 Å². The highest BCUT2D eigenvalue weighted by molar-refractivity contribution is 6.06. The van der Waals surface area contributed by atoms with E-state index >= 15 is 0 Å². The second-order valence-electron chi connectivity index (χ2n) is 7.23. The molecule has 10 heteroatoms. The van der Waals surface area contributed by atoms with Gasteiger partial charge in [0, 0.05) is 11.4 Å².